The van der Waals surface area contributed by atoms with Gasteiger partial charge in [0.25, 0.3) is 0 Å². The fourth-order valence-electron chi connectivity index (χ4n) is 2.20. The number of hydrogen-bond donors (Lipinski definition) is 1. The molecule has 4 heteroatoms. The number of nitrogens with zero attached hydrogens (tertiary/aromatic N) is 1. The molecule has 2 N–H and O–H groups in total. The minimum Gasteiger partial charge on any atom is -0.441 e. The van der Waals surface area contributed by atoms with Crippen molar-refractivity contribution in [2.24, 2.45) is 5.73 Å². The Labute approximate surface area is 122 Å². The van der Waals surface area contributed by atoms with Crippen LogP contribution in [0.1, 0.15) is 23.9 Å². The zero-order chi connectivity index (χ0) is 13.9. The van der Waals surface area contributed by atoms with Crippen LogP contribution >= 0.6 is 11.6 Å². The second-order valence-electron chi connectivity index (χ2n) is 4.78. The number of aryl methyl sites for hydroxylation is 1. The summed E-state index contributed by atoms with van der Waals surface area (Å²) in [5, 5.41) is 0.654. The van der Waals surface area contributed by atoms with E-state index in [1.807, 2.05) is 42.5 Å². The molecular weight excluding hydrogens is 272 g/mol. The highest BCUT2D eigenvalue weighted by Gasteiger charge is 2.10. The maximum absolute atomic E-state index is 6.17. The molecule has 0 aliphatic carbocycles. The number of hydrogen-bond acceptors (Lipinski definition) is 3. The quantitative estimate of drug-likeness (QED) is 0.785. The van der Waals surface area contributed by atoms with Gasteiger partial charge >= 0.3 is 0 Å². The van der Waals surface area contributed by atoms with Crippen LogP contribution in [0.4, 0.5) is 0 Å². The third-order valence-corrected chi connectivity index (χ3v) is 3.53. The molecule has 3 rings (SSSR count). The first-order chi connectivity index (χ1) is 9.72. The van der Waals surface area contributed by atoms with Crippen molar-refractivity contribution in [3.63, 3.8) is 0 Å². The molecule has 1 aromatic heterocycles. The van der Waals surface area contributed by atoms with Gasteiger partial charge in [0.15, 0.2) is 11.5 Å². The highest BCUT2D eigenvalue weighted by molar-refractivity contribution is 6.31. The fourth-order valence-corrected chi connectivity index (χ4v) is 2.36. The van der Waals surface area contributed by atoms with Gasteiger partial charge in [-0.15, -0.1) is 0 Å². The van der Waals surface area contributed by atoms with Crippen LogP contribution in [0.15, 0.2) is 52.9 Å². The molecule has 20 heavy (non-hydrogen) atoms. The van der Waals surface area contributed by atoms with Crippen LogP contribution in [0.5, 0.6) is 0 Å². The number of halogens is 1. The van der Waals surface area contributed by atoms with Gasteiger partial charge in [-0.3, -0.25) is 0 Å². The molecule has 0 aliphatic heterocycles. The molecule has 102 valence electrons. The predicted molar refractivity (Wildman–Crippen MR) is 80.7 cm³/mol. The summed E-state index contributed by atoms with van der Waals surface area (Å²) in [5.41, 5.74) is 8.86. The van der Waals surface area contributed by atoms with Gasteiger partial charge in [0.1, 0.15) is 5.52 Å². The van der Waals surface area contributed by atoms with E-state index in [-0.39, 0.29) is 6.04 Å². The molecule has 3 aromatic rings. The normalized spacial score (nSPS) is 12.7. The summed E-state index contributed by atoms with van der Waals surface area (Å²) in [6, 6.07) is 15.5. The lowest BCUT2D eigenvalue weighted by atomic mass is 10.0. The number of aromatic nitrogens is 1. The van der Waals surface area contributed by atoms with E-state index in [4.69, 9.17) is 21.8 Å². The molecule has 0 radical (unpaired) electrons. The standard InChI is InChI=1S/C16H15ClN2O/c17-12-6-8-14-15(10-12)20-16(19-14)9-7-13(18)11-4-2-1-3-5-11/h1-6,8,10,13H,7,9,18H2. The maximum atomic E-state index is 6.17. The molecule has 1 heterocycles. The molecule has 0 spiro atoms. The molecule has 3 nitrogen and oxygen atoms in total. The van der Waals surface area contributed by atoms with Gasteiger partial charge in [0.2, 0.25) is 0 Å². The monoisotopic (exact) mass is 286 g/mol. The molecule has 2 aromatic carbocycles. The van der Waals surface area contributed by atoms with Gasteiger partial charge < -0.3 is 10.2 Å². The van der Waals surface area contributed by atoms with Crippen LogP contribution in [-0.2, 0) is 6.42 Å². The fraction of sp³-hybridized carbons (Fsp3) is 0.188. The molecule has 0 bridgehead atoms. The first-order valence-corrected chi connectivity index (χ1v) is 6.95. The highest BCUT2D eigenvalue weighted by atomic mass is 35.5. The van der Waals surface area contributed by atoms with E-state index >= 15 is 0 Å². The summed E-state index contributed by atoms with van der Waals surface area (Å²) in [4.78, 5) is 4.44. The van der Waals surface area contributed by atoms with Crippen molar-refractivity contribution in [3.05, 3.63) is 65.0 Å². The maximum Gasteiger partial charge on any atom is 0.195 e. The van der Waals surface area contributed by atoms with E-state index in [1.54, 1.807) is 6.07 Å². The Balaban J connectivity index is 1.71. The minimum atomic E-state index is -0.00481. The Morgan fingerprint density at radius 3 is 2.75 bits per heavy atom. The third kappa shape index (κ3) is 2.84. The molecule has 0 aliphatic rings. The summed E-state index contributed by atoms with van der Waals surface area (Å²) in [7, 11) is 0. The second-order valence-corrected chi connectivity index (χ2v) is 5.21. The Kier molecular flexibility index (Phi) is 3.72. The lowest BCUT2D eigenvalue weighted by Crippen LogP contribution is -2.11. The highest BCUT2D eigenvalue weighted by Crippen LogP contribution is 2.22. The Hall–Kier alpha value is -1.84. The number of fused-ring (bicyclic) bond motifs is 1. The van der Waals surface area contributed by atoms with Crippen LogP contribution in [0.2, 0.25) is 5.02 Å². The van der Waals surface area contributed by atoms with Crippen LogP contribution < -0.4 is 5.73 Å². The molecule has 0 saturated heterocycles. The Bertz CT molecular complexity index is 709. The van der Waals surface area contributed by atoms with Gasteiger partial charge in [-0.25, -0.2) is 4.98 Å². The molecule has 1 atom stereocenters. The summed E-state index contributed by atoms with van der Waals surface area (Å²) in [6.07, 6.45) is 1.51. The lowest BCUT2D eigenvalue weighted by Gasteiger charge is -2.10. The third-order valence-electron chi connectivity index (χ3n) is 3.29. The van der Waals surface area contributed by atoms with E-state index in [0.717, 1.165) is 23.1 Å². The number of rotatable bonds is 4. The van der Waals surface area contributed by atoms with Crippen molar-refractivity contribution in [1.29, 1.82) is 0 Å². The number of nitrogens with two attached hydrogens (primary N) is 1. The van der Waals surface area contributed by atoms with E-state index < -0.39 is 0 Å². The van der Waals surface area contributed by atoms with Crippen LogP contribution in [0, 0.1) is 0 Å². The molecule has 0 saturated carbocycles. The number of oxazole rings is 1. The van der Waals surface area contributed by atoms with Gasteiger partial charge in [-0.2, -0.15) is 0 Å². The summed E-state index contributed by atoms with van der Waals surface area (Å²) in [6.45, 7) is 0. The van der Waals surface area contributed by atoms with Crippen LogP contribution in [0.25, 0.3) is 11.1 Å². The Morgan fingerprint density at radius 1 is 1.15 bits per heavy atom. The zero-order valence-corrected chi connectivity index (χ0v) is 11.7. The van der Waals surface area contributed by atoms with Gasteiger partial charge in [-0.1, -0.05) is 41.9 Å². The number of benzene rings is 2. The van der Waals surface area contributed by atoms with Crippen molar-refractivity contribution in [3.8, 4) is 0 Å². The summed E-state index contributed by atoms with van der Waals surface area (Å²) < 4.78 is 5.68. The van der Waals surface area contributed by atoms with Crippen LogP contribution in [0.3, 0.4) is 0 Å². The second kappa shape index (κ2) is 5.65. The molecule has 0 fully saturated rings. The first-order valence-electron chi connectivity index (χ1n) is 6.58. The van der Waals surface area contributed by atoms with E-state index in [9.17, 15) is 0 Å². The van der Waals surface area contributed by atoms with Gasteiger partial charge in [0.05, 0.1) is 0 Å². The summed E-state index contributed by atoms with van der Waals surface area (Å²) in [5.74, 6) is 0.702. The lowest BCUT2D eigenvalue weighted by molar-refractivity contribution is 0.501. The molecular formula is C16H15ClN2O. The predicted octanol–water partition coefficient (Wildman–Crippen LogP) is 4.11. The van der Waals surface area contributed by atoms with Crippen molar-refractivity contribution in [1.82, 2.24) is 4.98 Å². The zero-order valence-electron chi connectivity index (χ0n) is 10.9. The summed E-state index contributed by atoms with van der Waals surface area (Å²) >= 11 is 5.93. The van der Waals surface area contributed by atoms with E-state index in [1.165, 1.54) is 0 Å². The van der Waals surface area contributed by atoms with Crippen molar-refractivity contribution < 1.29 is 4.42 Å². The Morgan fingerprint density at radius 2 is 1.95 bits per heavy atom. The van der Waals surface area contributed by atoms with Crippen molar-refractivity contribution in [2.75, 3.05) is 0 Å². The topological polar surface area (TPSA) is 52.0 Å². The van der Waals surface area contributed by atoms with Crippen molar-refractivity contribution in [2.45, 2.75) is 18.9 Å². The average molecular weight is 287 g/mol. The van der Waals surface area contributed by atoms with Gasteiger partial charge in [0, 0.05) is 23.6 Å². The minimum absolute atomic E-state index is 0.00481. The average Bonchev–Trinajstić information content (AvgIpc) is 2.87. The largest absolute Gasteiger partial charge is 0.441 e. The SMILES string of the molecule is NC(CCc1nc2ccc(Cl)cc2o1)c1ccccc1. The smallest absolute Gasteiger partial charge is 0.195 e. The molecule has 0 amide bonds. The van der Waals surface area contributed by atoms with Gasteiger partial charge in [-0.05, 0) is 24.1 Å². The first kappa shape index (κ1) is 13.2. The van der Waals surface area contributed by atoms with Crippen molar-refractivity contribution >= 4 is 22.7 Å². The van der Waals surface area contributed by atoms with Crippen LogP contribution in [-0.4, -0.2) is 4.98 Å². The van der Waals surface area contributed by atoms with E-state index in [2.05, 4.69) is 4.98 Å². The molecule has 1 unspecified atom stereocenters. The van der Waals surface area contributed by atoms with E-state index in [0.29, 0.717) is 17.3 Å².